The summed E-state index contributed by atoms with van der Waals surface area (Å²) >= 11 is 0. The molecule has 0 unspecified atom stereocenters. The van der Waals surface area contributed by atoms with Gasteiger partial charge in [-0.25, -0.2) is 0 Å². The highest BCUT2D eigenvalue weighted by Crippen LogP contribution is 2.14. The lowest BCUT2D eigenvalue weighted by Crippen LogP contribution is -2.46. The van der Waals surface area contributed by atoms with E-state index in [0.29, 0.717) is 13.1 Å². The maximum absolute atomic E-state index is 13.3. The number of hydrogen-bond acceptors (Lipinski definition) is 3. The molecule has 4 heteroatoms. The molecular weight excluding hydrogens is 394 g/mol. The Bertz CT molecular complexity index is 899. The zero-order chi connectivity index (χ0) is 22.0. The third-order valence-corrected chi connectivity index (χ3v) is 6.07. The van der Waals surface area contributed by atoms with E-state index in [4.69, 9.17) is 0 Å². The molecule has 0 radical (unpaired) electrons. The SMILES string of the molecule is O=C([C@@H]1CCCN1)N(CCN(Cc1ccccc1)Cc1ccccc1)Cc1ccccc1. The Hall–Kier alpha value is -2.95. The summed E-state index contributed by atoms with van der Waals surface area (Å²) in [6.07, 6.45) is 2.01. The van der Waals surface area contributed by atoms with Crippen molar-refractivity contribution in [3.8, 4) is 0 Å². The van der Waals surface area contributed by atoms with Gasteiger partial charge in [0, 0.05) is 32.7 Å². The number of nitrogens with one attached hydrogen (secondary N) is 1. The second-order valence-electron chi connectivity index (χ2n) is 8.58. The van der Waals surface area contributed by atoms with E-state index in [1.54, 1.807) is 0 Å². The topological polar surface area (TPSA) is 35.6 Å². The highest BCUT2D eigenvalue weighted by atomic mass is 16.2. The Morgan fingerprint density at radius 2 is 1.22 bits per heavy atom. The summed E-state index contributed by atoms with van der Waals surface area (Å²) in [7, 11) is 0. The van der Waals surface area contributed by atoms with Gasteiger partial charge in [-0.2, -0.15) is 0 Å². The largest absolute Gasteiger partial charge is 0.336 e. The minimum absolute atomic E-state index is 0.0459. The molecule has 3 aromatic carbocycles. The number of benzene rings is 3. The molecule has 166 valence electrons. The zero-order valence-electron chi connectivity index (χ0n) is 18.7. The van der Waals surface area contributed by atoms with Crippen molar-refractivity contribution in [2.45, 2.75) is 38.5 Å². The quantitative estimate of drug-likeness (QED) is 0.519. The lowest BCUT2D eigenvalue weighted by Gasteiger charge is -2.30. The van der Waals surface area contributed by atoms with Gasteiger partial charge in [0.15, 0.2) is 0 Å². The average molecular weight is 428 g/mol. The maximum Gasteiger partial charge on any atom is 0.240 e. The van der Waals surface area contributed by atoms with Crippen molar-refractivity contribution in [1.82, 2.24) is 15.1 Å². The number of hydrogen-bond donors (Lipinski definition) is 1. The van der Waals surface area contributed by atoms with Crippen LogP contribution in [0.3, 0.4) is 0 Å². The summed E-state index contributed by atoms with van der Waals surface area (Å²) in [6.45, 7) is 4.86. The molecule has 0 aliphatic carbocycles. The molecule has 0 saturated carbocycles. The van der Waals surface area contributed by atoms with Gasteiger partial charge in [-0.15, -0.1) is 0 Å². The fourth-order valence-corrected chi connectivity index (χ4v) is 4.35. The minimum Gasteiger partial charge on any atom is -0.336 e. The predicted octanol–water partition coefficient (Wildman–Crippen LogP) is 4.47. The Morgan fingerprint density at radius 3 is 1.69 bits per heavy atom. The van der Waals surface area contributed by atoms with Gasteiger partial charge in [-0.3, -0.25) is 9.69 Å². The van der Waals surface area contributed by atoms with Crippen LogP contribution in [0.2, 0.25) is 0 Å². The lowest BCUT2D eigenvalue weighted by atomic mass is 10.1. The van der Waals surface area contributed by atoms with Crippen molar-refractivity contribution in [2.24, 2.45) is 0 Å². The van der Waals surface area contributed by atoms with Gasteiger partial charge < -0.3 is 10.2 Å². The van der Waals surface area contributed by atoms with E-state index in [1.165, 1.54) is 16.7 Å². The van der Waals surface area contributed by atoms with Crippen LogP contribution >= 0.6 is 0 Å². The number of nitrogens with zero attached hydrogens (tertiary/aromatic N) is 2. The summed E-state index contributed by atoms with van der Waals surface area (Å²) in [5.41, 5.74) is 3.76. The first-order chi connectivity index (χ1) is 15.8. The molecule has 0 bridgehead atoms. The summed E-state index contributed by atoms with van der Waals surface area (Å²) < 4.78 is 0. The summed E-state index contributed by atoms with van der Waals surface area (Å²) in [4.78, 5) is 17.8. The van der Waals surface area contributed by atoms with Crippen LogP contribution in [-0.2, 0) is 24.4 Å². The molecule has 1 N–H and O–H groups in total. The maximum atomic E-state index is 13.3. The fourth-order valence-electron chi connectivity index (χ4n) is 4.35. The van der Waals surface area contributed by atoms with Gasteiger partial charge in [0.1, 0.15) is 0 Å². The van der Waals surface area contributed by atoms with E-state index >= 15 is 0 Å². The molecule has 1 aliphatic rings. The molecule has 0 spiro atoms. The van der Waals surface area contributed by atoms with Gasteiger partial charge in [-0.05, 0) is 36.1 Å². The Kier molecular flexibility index (Phi) is 8.07. The fraction of sp³-hybridized carbons (Fsp3) is 0.321. The van der Waals surface area contributed by atoms with Gasteiger partial charge in [0.2, 0.25) is 5.91 Å². The molecule has 1 amide bonds. The molecule has 4 nitrogen and oxygen atoms in total. The molecule has 32 heavy (non-hydrogen) atoms. The van der Waals surface area contributed by atoms with Crippen LogP contribution in [0, 0.1) is 0 Å². The van der Waals surface area contributed by atoms with Gasteiger partial charge >= 0.3 is 0 Å². The normalized spacial score (nSPS) is 15.7. The van der Waals surface area contributed by atoms with Crippen LogP contribution in [0.25, 0.3) is 0 Å². The highest BCUT2D eigenvalue weighted by Gasteiger charge is 2.27. The Labute approximate surface area is 191 Å². The van der Waals surface area contributed by atoms with E-state index in [2.05, 4.69) is 83.0 Å². The molecule has 1 saturated heterocycles. The van der Waals surface area contributed by atoms with Crippen LogP contribution in [-0.4, -0.2) is 41.4 Å². The van der Waals surface area contributed by atoms with Gasteiger partial charge in [0.05, 0.1) is 6.04 Å². The number of carbonyl (C=O) groups is 1. The monoisotopic (exact) mass is 427 g/mol. The highest BCUT2D eigenvalue weighted by molar-refractivity contribution is 5.82. The van der Waals surface area contributed by atoms with Crippen LogP contribution in [0.4, 0.5) is 0 Å². The Morgan fingerprint density at radius 1 is 0.719 bits per heavy atom. The third-order valence-electron chi connectivity index (χ3n) is 6.07. The van der Waals surface area contributed by atoms with Crippen LogP contribution in [0.1, 0.15) is 29.5 Å². The molecule has 1 atom stereocenters. The lowest BCUT2D eigenvalue weighted by molar-refractivity contribution is -0.134. The average Bonchev–Trinajstić information content (AvgIpc) is 3.38. The predicted molar refractivity (Wildman–Crippen MR) is 130 cm³/mol. The molecule has 1 heterocycles. The standard InChI is InChI=1S/C28H33N3O/c32-28(27-17-10-18-29-27)31(23-26-15-8-3-9-16-26)20-19-30(21-24-11-4-1-5-12-24)22-25-13-6-2-7-14-25/h1-9,11-16,27,29H,10,17-23H2/t27-/m0/s1. The number of amides is 1. The van der Waals surface area contributed by atoms with E-state index in [9.17, 15) is 4.79 Å². The minimum atomic E-state index is -0.0459. The van der Waals surface area contributed by atoms with Crippen molar-refractivity contribution in [2.75, 3.05) is 19.6 Å². The van der Waals surface area contributed by atoms with Crippen molar-refractivity contribution in [3.05, 3.63) is 108 Å². The van der Waals surface area contributed by atoms with Crippen LogP contribution in [0.15, 0.2) is 91.0 Å². The van der Waals surface area contributed by atoms with Crippen molar-refractivity contribution in [1.29, 1.82) is 0 Å². The van der Waals surface area contributed by atoms with E-state index in [0.717, 1.165) is 39.0 Å². The van der Waals surface area contributed by atoms with Crippen molar-refractivity contribution in [3.63, 3.8) is 0 Å². The molecule has 0 aromatic heterocycles. The smallest absolute Gasteiger partial charge is 0.240 e. The van der Waals surface area contributed by atoms with E-state index < -0.39 is 0 Å². The number of rotatable bonds is 10. The van der Waals surface area contributed by atoms with E-state index in [1.807, 2.05) is 23.1 Å². The molecular formula is C28H33N3O. The second-order valence-corrected chi connectivity index (χ2v) is 8.58. The zero-order valence-corrected chi connectivity index (χ0v) is 18.7. The van der Waals surface area contributed by atoms with Gasteiger partial charge in [0.25, 0.3) is 0 Å². The van der Waals surface area contributed by atoms with E-state index in [-0.39, 0.29) is 11.9 Å². The van der Waals surface area contributed by atoms with Crippen molar-refractivity contribution < 1.29 is 4.79 Å². The first-order valence-corrected chi connectivity index (χ1v) is 11.6. The number of carbonyl (C=O) groups excluding carboxylic acids is 1. The summed E-state index contributed by atoms with van der Waals surface area (Å²) in [5, 5.41) is 3.39. The summed E-state index contributed by atoms with van der Waals surface area (Å²) in [5.74, 6) is 0.228. The first kappa shape index (κ1) is 22.3. The molecule has 1 aliphatic heterocycles. The van der Waals surface area contributed by atoms with Crippen molar-refractivity contribution >= 4 is 5.91 Å². The molecule has 1 fully saturated rings. The molecule has 4 rings (SSSR count). The second kappa shape index (κ2) is 11.6. The Balaban J connectivity index is 1.47. The van der Waals surface area contributed by atoms with Crippen LogP contribution < -0.4 is 5.32 Å². The molecule has 3 aromatic rings. The third kappa shape index (κ3) is 6.52. The summed E-state index contributed by atoms with van der Waals surface area (Å²) in [6, 6.07) is 31.4. The van der Waals surface area contributed by atoms with Crippen LogP contribution in [0.5, 0.6) is 0 Å². The van der Waals surface area contributed by atoms with Gasteiger partial charge in [-0.1, -0.05) is 91.0 Å². The first-order valence-electron chi connectivity index (χ1n) is 11.6.